The molecule has 0 fully saturated rings. The van der Waals surface area contributed by atoms with Crippen molar-refractivity contribution in [2.24, 2.45) is 5.92 Å². The lowest BCUT2D eigenvalue weighted by molar-refractivity contribution is -0.146. The van der Waals surface area contributed by atoms with Gasteiger partial charge in [-0.3, -0.25) is 4.79 Å². The standard InChI is InChI=1S/C21H29N3O5/c1-16(12-13-22)19(20(26)28-2)24-18(25)11-7-4-8-14-23-21(27)29-15-17-9-5-3-6-10-17/h3,5-6,9-10,16,19H,4,7-8,11-12,14-15H2,1-2H3,(H,23,27)(H,24,25)/t16-,19+/m1/s1. The molecule has 8 heteroatoms. The van der Waals surface area contributed by atoms with Crippen molar-refractivity contribution in [2.75, 3.05) is 13.7 Å². The lowest BCUT2D eigenvalue weighted by Gasteiger charge is -2.21. The molecule has 2 amide bonds. The number of ether oxygens (including phenoxy) is 2. The fourth-order valence-electron chi connectivity index (χ4n) is 2.62. The minimum Gasteiger partial charge on any atom is -0.467 e. The number of benzene rings is 1. The first-order chi connectivity index (χ1) is 14.0. The molecule has 0 saturated carbocycles. The molecule has 0 heterocycles. The van der Waals surface area contributed by atoms with E-state index in [1.54, 1.807) is 6.92 Å². The smallest absolute Gasteiger partial charge is 0.407 e. The summed E-state index contributed by atoms with van der Waals surface area (Å²) in [5.74, 6) is -1.15. The van der Waals surface area contributed by atoms with Gasteiger partial charge in [0.25, 0.3) is 0 Å². The first kappa shape index (κ1) is 24.0. The van der Waals surface area contributed by atoms with Crippen LogP contribution in [-0.2, 0) is 25.7 Å². The molecule has 29 heavy (non-hydrogen) atoms. The SMILES string of the molecule is COC(=O)[C@@H](NC(=O)CCCCCNC(=O)OCc1ccccc1)[C@H](C)CC#N. The second-order valence-electron chi connectivity index (χ2n) is 6.71. The summed E-state index contributed by atoms with van der Waals surface area (Å²) in [4.78, 5) is 35.5. The van der Waals surface area contributed by atoms with Gasteiger partial charge in [0, 0.05) is 25.3 Å². The Hall–Kier alpha value is -3.08. The van der Waals surface area contributed by atoms with E-state index in [0.717, 1.165) is 12.0 Å². The van der Waals surface area contributed by atoms with Gasteiger partial charge < -0.3 is 20.1 Å². The highest BCUT2D eigenvalue weighted by molar-refractivity contribution is 5.84. The van der Waals surface area contributed by atoms with Crippen LogP contribution in [0.1, 0.15) is 44.6 Å². The van der Waals surface area contributed by atoms with Crippen LogP contribution in [-0.4, -0.2) is 37.7 Å². The van der Waals surface area contributed by atoms with Gasteiger partial charge in [0.15, 0.2) is 0 Å². The van der Waals surface area contributed by atoms with Crippen LogP contribution < -0.4 is 10.6 Å². The molecular formula is C21H29N3O5. The van der Waals surface area contributed by atoms with Crippen molar-refractivity contribution in [3.05, 3.63) is 35.9 Å². The van der Waals surface area contributed by atoms with Crippen molar-refractivity contribution in [1.82, 2.24) is 10.6 Å². The van der Waals surface area contributed by atoms with E-state index in [1.165, 1.54) is 7.11 Å². The third-order valence-corrected chi connectivity index (χ3v) is 4.32. The molecule has 0 radical (unpaired) electrons. The Bertz CT molecular complexity index is 687. The molecule has 2 N–H and O–H groups in total. The highest BCUT2D eigenvalue weighted by atomic mass is 16.5. The first-order valence-electron chi connectivity index (χ1n) is 9.66. The number of amides is 2. The number of carbonyl (C=O) groups is 3. The summed E-state index contributed by atoms with van der Waals surface area (Å²) in [7, 11) is 1.25. The number of nitriles is 1. The monoisotopic (exact) mass is 403 g/mol. The highest BCUT2D eigenvalue weighted by Crippen LogP contribution is 2.10. The maximum atomic E-state index is 12.1. The number of alkyl carbamates (subject to hydrolysis) is 1. The van der Waals surface area contributed by atoms with Crippen molar-refractivity contribution in [3.8, 4) is 6.07 Å². The fraction of sp³-hybridized carbons (Fsp3) is 0.524. The molecule has 0 bridgehead atoms. The Morgan fingerprint density at radius 2 is 1.86 bits per heavy atom. The van der Waals surface area contributed by atoms with Gasteiger partial charge in [-0.25, -0.2) is 9.59 Å². The minimum absolute atomic E-state index is 0.145. The fourth-order valence-corrected chi connectivity index (χ4v) is 2.62. The Morgan fingerprint density at radius 1 is 1.14 bits per heavy atom. The molecule has 0 saturated heterocycles. The molecule has 158 valence electrons. The number of methoxy groups -OCH3 is 1. The molecule has 0 unspecified atom stereocenters. The van der Waals surface area contributed by atoms with Crippen molar-refractivity contribution in [2.45, 2.75) is 51.7 Å². The number of nitrogens with zero attached hydrogens (tertiary/aromatic N) is 1. The maximum Gasteiger partial charge on any atom is 0.407 e. The van der Waals surface area contributed by atoms with E-state index in [-0.39, 0.29) is 31.3 Å². The van der Waals surface area contributed by atoms with Crippen molar-refractivity contribution in [1.29, 1.82) is 5.26 Å². The first-order valence-corrected chi connectivity index (χ1v) is 9.66. The molecule has 0 aliphatic carbocycles. The molecule has 1 aromatic rings. The number of nitrogens with one attached hydrogen (secondary N) is 2. The van der Waals surface area contributed by atoms with Crippen LogP contribution in [0.3, 0.4) is 0 Å². The van der Waals surface area contributed by atoms with Gasteiger partial charge in [-0.1, -0.05) is 43.7 Å². The molecule has 8 nitrogen and oxygen atoms in total. The lowest BCUT2D eigenvalue weighted by Crippen LogP contribution is -2.45. The summed E-state index contributed by atoms with van der Waals surface area (Å²) in [5.41, 5.74) is 0.919. The number of rotatable bonds is 12. The van der Waals surface area contributed by atoms with Gasteiger partial charge in [0.2, 0.25) is 5.91 Å². The molecule has 0 aliphatic heterocycles. The van der Waals surface area contributed by atoms with Crippen LogP contribution in [0.25, 0.3) is 0 Å². The topological polar surface area (TPSA) is 118 Å². The number of unbranched alkanes of at least 4 members (excludes halogenated alkanes) is 2. The number of hydrogen-bond donors (Lipinski definition) is 2. The lowest BCUT2D eigenvalue weighted by atomic mass is 9.98. The molecule has 0 aromatic heterocycles. The molecule has 1 rings (SSSR count). The van der Waals surface area contributed by atoms with Crippen LogP contribution >= 0.6 is 0 Å². The van der Waals surface area contributed by atoms with E-state index < -0.39 is 18.1 Å². The van der Waals surface area contributed by atoms with Crippen LogP contribution in [0.4, 0.5) is 4.79 Å². The summed E-state index contributed by atoms with van der Waals surface area (Å²) in [6, 6.07) is 10.6. The predicted octanol–water partition coefficient (Wildman–Crippen LogP) is 2.68. The largest absolute Gasteiger partial charge is 0.467 e. The highest BCUT2D eigenvalue weighted by Gasteiger charge is 2.27. The Morgan fingerprint density at radius 3 is 2.52 bits per heavy atom. The molecule has 0 aliphatic rings. The van der Waals surface area contributed by atoms with Gasteiger partial charge in [-0.15, -0.1) is 0 Å². The summed E-state index contributed by atoms with van der Waals surface area (Å²) >= 11 is 0. The normalized spacial score (nSPS) is 12.2. The summed E-state index contributed by atoms with van der Waals surface area (Å²) in [6.07, 6.45) is 1.99. The number of hydrogen-bond acceptors (Lipinski definition) is 6. The zero-order valence-electron chi connectivity index (χ0n) is 17.0. The quantitative estimate of drug-likeness (QED) is 0.409. The second-order valence-corrected chi connectivity index (χ2v) is 6.71. The van der Waals surface area contributed by atoms with Crippen molar-refractivity contribution < 1.29 is 23.9 Å². The zero-order valence-corrected chi connectivity index (χ0v) is 17.0. The van der Waals surface area contributed by atoms with E-state index >= 15 is 0 Å². The third-order valence-electron chi connectivity index (χ3n) is 4.32. The molecule has 0 spiro atoms. The Kier molecular flexibility index (Phi) is 11.6. The average Bonchev–Trinajstić information content (AvgIpc) is 2.73. The van der Waals surface area contributed by atoms with Gasteiger partial charge in [0.05, 0.1) is 13.2 Å². The molecule has 1 aromatic carbocycles. The van der Waals surface area contributed by atoms with Crippen LogP contribution in [0.15, 0.2) is 30.3 Å². The predicted molar refractivity (Wildman–Crippen MR) is 106 cm³/mol. The van der Waals surface area contributed by atoms with Gasteiger partial charge in [-0.2, -0.15) is 5.26 Å². The van der Waals surface area contributed by atoms with Crippen molar-refractivity contribution >= 4 is 18.0 Å². The van der Waals surface area contributed by atoms with Gasteiger partial charge in [-0.05, 0) is 18.4 Å². The van der Waals surface area contributed by atoms with E-state index in [1.807, 2.05) is 36.4 Å². The summed E-state index contributed by atoms with van der Waals surface area (Å²) in [5, 5.41) is 14.1. The summed E-state index contributed by atoms with van der Waals surface area (Å²) < 4.78 is 9.80. The Labute approximate surface area is 171 Å². The number of carbonyl (C=O) groups excluding carboxylic acids is 3. The minimum atomic E-state index is -0.826. The summed E-state index contributed by atoms with van der Waals surface area (Å²) in [6.45, 7) is 2.39. The van der Waals surface area contributed by atoms with Crippen LogP contribution in [0.5, 0.6) is 0 Å². The number of esters is 1. The van der Waals surface area contributed by atoms with Crippen LogP contribution in [0, 0.1) is 17.2 Å². The van der Waals surface area contributed by atoms with Crippen LogP contribution in [0.2, 0.25) is 0 Å². The maximum absolute atomic E-state index is 12.1. The van der Waals surface area contributed by atoms with Gasteiger partial charge >= 0.3 is 12.1 Å². The molecule has 2 atom stereocenters. The average molecular weight is 403 g/mol. The van der Waals surface area contributed by atoms with E-state index in [9.17, 15) is 14.4 Å². The van der Waals surface area contributed by atoms with Gasteiger partial charge in [0.1, 0.15) is 12.6 Å². The van der Waals surface area contributed by atoms with E-state index in [2.05, 4.69) is 10.6 Å². The zero-order chi connectivity index (χ0) is 21.5. The Balaban J connectivity index is 2.16. The van der Waals surface area contributed by atoms with E-state index in [4.69, 9.17) is 14.7 Å². The third kappa shape index (κ3) is 10.1. The van der Waals surface area contributed by atoms with E-state index in [0.29, 0.717) is 19.4 Å². The second kappa shape index (κ2) is 14.0. The van der Waals surface area contributed by atoms with Crippen molar-refractivity contribution in [3.63, 3.8) is 0 Å². The molecular weight excluding hydrogens is 374 g/mol.